The molecule has 0 saturated heterocycles. The van der Waals surface area contributed by atoms with Crippen LogP contribution in [0.5, 0.6) is 5.75 Å². The van der Waals surface area contributed by atoms with Crippen LogP contribution in [-0.4, -0.2) is 28.8 Å². The molecule has 1 amide bonds. The van der Waals surface area contributed by atoms with Crippen molar-refractivity contribution < 1.29 is 13.9 Å². The second-order valence-electron chi connectivity index (χ2n) is 6.90. The summed E-state index contributed by atoms with van der Waals surface area (Å²) >= 11 is 0. The fraction of sp³-hybridized carbons (Fsp3) is 0.261. The van der Waals surface area contributed by atoms with Crippen molar-refractivity contribution in [2.75, 3.05) is 18.9 Å². The van der Waals surface area contributed by atoms with Crippen LogP contribution in [0.2, 0.25) is 0 Å². The van der Waals surface area contributed by atoms with E-state index in [0.717, 1.165) is 5.69 Å². The zero-order chi connectivity index (χ0) is 22.1. The summed E-state index contributed by atoms with van der Waals surface area (Å²) in [6.07, 6.45) is 1.91. The number of nitrogens with two attached hydrogens (primary N) is 1. The maximum Gasteiger partial charge on any atom is 0.220 e. The van der Waals surface area contributed by atoms with Gasteiger partial charge in [0.15, 0.2) is 11.6 Å². The van der Waals surface area contributed by atoms with Gasteiger partial charge in [-0.3, -0.25) is 4.79 Å². The zero-order valence-corrected chi connectivity index (χ0v) is 17.1. The summed E-state index contributed by atoms with van der Waals surface area (Å²) in [6, 6.07) is 17.7. The van der Waals surface area contributed by atoms with Gasteiger partial charge >= 0.3 is 0 Å². The molecule has 0 saturated carbocycles. The fourth-order valence-corrected chi connectivity index (χ4v) is 3.09. The van der Waals surface area contributed by atoms with E-state index in [0.29, 0.717) is 42.9 Å². The van der Waals surface area contributed by atoms with Crippen molar-refractivity contribution in [1.29, 1.82) is 5.26 Å². The second kappa shape index (κ2) is 10.8. The smallest absolute Gasteiger partial charge is 0.220 e. The first-order chi connectivity index (χ1) is 15.1. The lowest BCUT2D eigenvalue weighted by Crippen LogP contribution is -2.25. The van der Waals surface area contributed by atoms with Crippen LogP contribution in [0, 0.1) is 17.1 Å². The number of halogens is 1. The van der Waals surface area contributed by atoms with Crippen LogP contribution in [0.15, 0.2) is 54.6 Å². The fourth-order valence-electron chi connectivity index (χ4n) is 3.09. The number of hydrogen-bond acceptors (Lipinski definition) is 5. The molecule has 0 atom stereocenters. The first-order valence-electron chi connectivity index (χ1n) is 10.1. The molecule has 0 aliphatic rings. The summed E-state index contributed by atoms with van der Waals surface area (Å²) in [5.41, 5.74) is 7.85. The topological polar surface area (TPSA) is 106 Å². The summed E-state index contributed by atoms with van der Waals surface area (Å²) in [5.74, 6) is -0.0287. The van der Waals surface area contributed by atoms with E-state index in [1.54, 1.807) is 22.9 Å². The third-order valence-electron chi connectivity index (χ3n) is 4.66. The molecular formula is C23H24FN5O2. The van der Waals surface area contributed by atoms with Crippen molar-refractivity contribution >= 4 is 11.7 Å². The van der Waals surface area contributed by atoms with Crippen molar-refractivity contribution in [1.82, 2.24) is 15.1 Å². The summed E-state index contributed by atoms with van der Waals surface area (Å²) in [7, 11) is 0. The van der Waals surface area contributed by atoms with Crippen molar-refractivity contribution in [2.24, 2.45) is 0 Å². The van der Waals surface area contributed by atoms with Gasteiger partial charge in [-0.2, -0.15) is 10.4 Å². The number of benzene rings is 2. The van der Waals surface area contributed by atoms with E-state index in [1.807, 2.05) is 30.3 Å². The average molecular weight is 421 g/mol. The third-order valence-corrected chi connectivity index (χ3v) is 4.66. The van der Waals surface area contributed by atoms with Gasteiger partial charge in [0, 0.05) is 13.0 Å². The number of nitrogens with one attached hydrogen (secondary N) is 1. The molecule has 0 aliphatic carbocycles. The van der Waals surface area contributed by atoms with Crippen LogP contribution >= 0.6 is 0 Å². The van der Waals surface area contributed by atoms with E-state index in [-0.39, 0.29) is 24.7 Å². The molecule has 0 fully saturated rings. The lowest BCUT2D eigenvalue weighted by atomic mass is 10.1. The van der Waals surface area contributed by atoms with Crippen LogP contribution in [0.25, 0.3) is 5.69 Å². The molecule has 0 bridgehead atoms. The number of nitriles is 1. The number of hydrogen-bond donors (Lipinski definition) is 2. The van der Waals surface area contributed by atoms with Gasteiger partial charge in [-0.25, -0.2) is 9.07 Å². The normalized spacial score (nSPS) is 10.5. The van der Waals surface area contributed by atoms with Crippen molar-refractivity contribution in [3.8, 4) is 17.5 Å². The van der Waals surface area contributed by atoms with Gasteiger partial charge in [-0.15, -0.1) is 0 Å². The minimum absolute atomic E-state index is 0.105. The third kappa shape index (κ3) is 5.82. The molecule has 0 aliphatic heterocycles. The Balaban J connectivity index is 1.41. The predicted octanol–water partition coefficient (Wildman–Crippen LogP) is 3.37. The van der Waals surface area contributed by atoms with Crippen molar-refractivity contribution in [2.45, 2.75) is 25.7 Å². The van der Waals surface area contributed by atoms with Crippen LogP contribution in [-0.2, 0) is 11.2 Å². The Bertz CT molecular complexity index is 1060. The van der Waals surface area contributed by atoms with Gasteiger partial charge in [0.05, 0.1) is 18.0 Å². The van der Waals surface area contributed by atoms with Crippen LogP contribution in [0.4, 0.5) is 10.2 Å². The first-order valence-corrected chi connectivity index (χ1v) is 10.1. The highest BCUT2D eigenvalue weighted by Crippen LogP contribution is 2.21. The molecule has 3 rings (SSSR count). The van der Waals surface area contributed by atoms with Gasteiger partial charge in [0.2, 0.25) is 5.91 Å². The van der Waals surface area contributed by atoms with Crippen LogP contribution < -0.4 is 15.8 Å². The van der Waals surface area contributed by atoms with Gasteiger partial charge in [0.25, 0.3) is 0 Å². The molecule has 3 N–H and O–H groups in total. The highest BCUT2D eigenvalue weighted by Gasteiger charge is 2.16. The van der Waals surface area contributed by atoms with E-state index in [9.17, 15) is 14.4 Å². The van der Waals surface area contributed by atoms with Crippen LogP contribution in [0.1, 0.15) is 30.5 Å². The number of para-hydroxylation sites is 2. The molecule has 1 aromatic heterocycles. The van der Waals surface area contributed by atoms with Gasteiger partial charge < -0.3 is 15.8 Å². The Morgan fingerprint density at radius 1 is 1.16 bits per heavy atom. The number of rotatable bonds is 10. The number of aromatic nitrogens is 2. The molecule has 31 heavy (non-hydrogen) atoms. The predicted molar refractivity (Wildman–Crippen MR) is 115 cm³/mol. The minimum atomic E-state index is -0.418. The molecule has 7 nitrogen and oxygen atoms in total. The molecule has 1 heterocycles. The van der Waals surface area contributed by atoms with Gasteiger partial charge in [-0.05, 0) is 43.5 Å². The van der Waals surface area contributed by atoms with Crippen molar-refractivity contribution in [3.63, 3.8) is 0 Å². The summed E-state index contributed by atoms with van der Waals surface area (Å²) in [5, 5.41) is 16.7. The Hall–Kier alpha value is -3.86. The lowest BCUT2D eigenvalue weighted by Gasteiger charge is -2.07. The summed E-state index contributed by atoms with van der Waals surface area (Å²) < 4.78 is 20.4. The number of carbonyl (C=O) groups is 1. The van der Waals surface area contributed by atoms with E-state index < -0.39 is 5.82 Å². The summed E-state index contributed by atoms with van der Waals surface area (Å²) in [6.45, 7) is 0.714. The quantitative estimate of drug-likeness (QED) is 0.488. The number of anilines is 1. The minimum Gasteiger partial charge on any atom is -0.491 e. The molecule has 160 valence electrons. The Kier molecular flexibility index (Phi) is 7.60. The largest absolute Gasteiger partial charge is 0.491 e. The SMILES string of the molecule is N#Cc1c(CCCNC(=O)CCCOc2ccccc2F)nn(-c2ccccc2)c1N. The number of ether oxygens (including phenoxy) is 1. The first kappa shape index (κ1) is 21.8. The monoisotopic (exact) mass is 421 g/mol. The van der Waals surface area contributed by atoms with E-state index in [2.05, 4.69) is 16.5 Å². The Labute approximate surface area is 180 Å². The highest BCUT2D eigenvalue weighted by molar-refractivity contribution is 5.75. The summed E-state index contributed by atoms with van der Waals surface area (Å²) in [4.78, 5) is 12.0. The number of amides is 1. The molecule has 0 spiro atoms. The van der Waals surface area contributed by atoms with Gasteiger partial charge in [0.1, 0.15) is 17.5 Å². The number of aryl methyl sites for hydroxylation is 1. The van der Waals surface area contributed by atoms with E-state index in [1.165, 1.54) is 6.07 Å². The van der Waals surface area contributed by atoms with Gasteiger partial charge in [-0.1, -0.05) is 30.3 Å². The lowest BCUT2D eigenvalue weighted by molar-refractivity contribution is -0.121. The Morgan fingerprint density at radius 3 is 2.65 bits per heavy atom. The van der Waals surface area contributed by atoms with Crippen molar-refractivity contribution in [3.05, 3.63) is 71.7 Å². The molecule has 0 radical (unpaired) electrons. The zero-order valence-electron chi connectivity index (χ0n) is 17.1. The molecule has 0 unspecified atom stereocenters. The second-order valence-corrected chi connectivity index (χ2v) is 6.90. The highest BCUT2D eigenvalue weighted by atomic mass is 19.1. The van der Waals surface area contributed by atoms with Crippen LogP contribution in [0.3, 0.4) is 0 Å². The maximum atomic E-state index is 13.5. The standard InChI is InChI=1S/C23H24FN5O2/c24-19-10-4-5-12-21(19)31-15-7-13-22(30)27-14-6-11-20-18(16-25)23(26)29(28-20)17-8-2-1-3-9-17/h1-5,8-10,12H,6-7,11,13-15,26H2,(H,27,30). The number of nitrogens with zero attached hydrogens (tertiary/aromatic N) is 3. The maximum absolute atomic E-state index is 13.5. The Morgan fingerprint density at radius 2 is 1.90 bits per heavy atom. The van der Waals surface area contributed by atoms with E-state index >= 15 is 0 Å². The average Bonchev–Trinajstić information content (AvgIpc) is 3.11. The molecule has 2 aromatic carbocycles. The van der Waals surface area contributed by atoms with E-state index in [4.69, 9.17) is 10.5 Å². The molecule has 8 heteroatoms. The number of nitrogen functional groups attached to an aromatic ring is 1. The number of carbonyl (C=O) groups excluding carboxylic acids is 1. The molecular weight excluding hydrogens is 397 g/mol. The molecule has 3 aromatic rings.